The Bertz CT molecular complexity index is 1520. The summed E-state index contributed by atoms with van der Waals surface area (Å²) in [6, 6.07) is 22.6. The van der Waals surface area contributed by atoms with Crippen LogP contribution in [0, 0.1) is 12.8 Å². The first-order valence-electron chi connectivity index (χ1n) is 16.4. The molecule has 2 heterocycles. The van der Waals surface area contributed by atoms with Crippen LogP contribution in [0.25, 0.3) is 0 Å². The van der Waals surface area contributed by atoms with Crippen molar-refractivity contribution in [2.24, 2.45) is 5.92 Å². The highest BCUT2D eigenvalue weighted by molar-refractivity contribution is 5.94. The van der Waals surface area contributed by atoms with E-state index in [9.17, 15) is 19.2 Å². The van der Waals surface area contributed by atoms with E-state index in [0.29, 0.717) is 32.5 Å². The minimum Gasteiger partial charge on any atom is -0.494 e. The predicted octanol–water partition coefficient (Wildman–Crippen LogP) is 4.44. The molecule has 3 atom stereocenters. The van der Waals surface area contributed by atoms with Crippen LogP contribution < -0.4 is 20.7 Å². The second-order valence-electron chi connectivity index (χ2n) is 12.3. The highest BCUT2D eigenvalue weighted by atomic mass is 16.5. The smallest absolute Gasteiger partial charge is 0.408 e. The fraction of sp³-hybridized carbons (Fsp3) is 0.405. The summed E-state index contributed by atoms with van der Waals surface area (Å²) in [5.41, 5.74) is 3.73. The summed E-state index contributed by atoms with van der Waals surface area (Å²) >= 11 is 0. The molecule has 10 nitrogen and oxygen atoms in total. The molecule has 0 radical (unpaired) electrons. The Hall–Kier alpha value is -4.86. The molecule has 0 aliphatic carbocycles. The van der Waals surface area contributed by atoms with E-state index < -0.39 is 24.1 Å². The van der Waals surface area contributed by atoms with Gasteiger partial charge in [0.15, 0.2) is 0 Å². The fourth-order valence-corrected chi connectivity index (χ4v) is 6.02. The Labute approximate surface area is 276 Å². The van der Waals surface area contributed by atoms with E-state index in [4.69, 9.17) is 9.47 Å². The molecule has 248 valence electrons. The molecule has 3 aromatic rings. The highest BCUT2D eigenvalue weighted by Gasteiger charge is 2.32. The summed E-state index contributed by atoms with van der Waals surface area (Å²) < 4.78 is 11.5. The third-order valence-corrected chi connectivity index (χ3v) is 8.84. The van der Waals surface area contributed by atoms with E-state index in [2.05, 4.69) is 16.0 Å². The number of carbonyl (C=O) groups is 4. The molecule has 3 N–H and O–H groups in total. The highest BCUT2D eigenvalue weighted by Crippen LogP contribution is 2.23. The number of nitrogens with zero attached hydrogens (tertiary/aromatic N) is 1. The van der Waals surface area contributed by atoms with Crippen molar-refractivity contribution >= 4 is 23.8 Å². The third kappa shape index (κ3) is 10.1. The van der Waals surface area contributed by atoms with Crippen molar-refractivity contribution in [3.8, 4) is 5.75 Å². The summed E-state index contributed by atoms with van der Waals surface area (Å²) in [7, 11) is 0. The monoisotopic (exact) mass is 640 g/mol. The van der Waals surface area contributed by atoms with Crippen molar-refractivity contribution in [1.29, 1.82) is 0 Å². The molecule has 10 heteroatoms. The zero-order valence-electron chi connectivity index (χ0n) is 26.9. The minimum atomic E-state index is -1.24. The molecular formula is C37H44N4O6. The molecule has 0 aromatic heterocycles. The van der Waals surface area contributed by atoms with E-state index >= 15 is 0 Å². The van der Waals surface area contributed by atoms with Gasteiger partial charge in [0.2, 0.25) is 17.7 Å². The van der Waals surface area contributed by atoms with Gasteiger partial charge in [0.05, 0.1) is 13.0 Å². The van der Waals surface area contributed by atoms with Crippen LogP contribution >= 0.6 is 0 Å². The lowest BCUT2D eigenvalue weighted by Crippen LogP contribution is -2.55. The number of ether oxygens (including phenoxy) is 2. The number of aryl methyl sites for hydroxylation is 2. The van der Waals surface area contributed by atoms with Crippen molar-refractivity contribution in [3.63, 3.8) is 0 Å². The standard InChI is InChI=1S/C37H44N4O6/c1-26-14-16-31-21-30(26)23-38-35(43)32(17-15-27-9-4-2-5-10-27)39-36(44)33(40-37(45)47-25-29-11-6-3-7-12-29)22-34(42)41-19-8-13-28(24-41)18-20-46-31/h2-7,9-12,14,16,21,28,32-33H,8,13,15,17-20,22-25H2,1H3,(H,38,43)(H,39,44)(H,40,45)/t28?,32-,33-/m0/s1. The van der Waals surface area contributed by atoms with Crippen LogP contribution in [-0.2, 0) is 38.7 Å². The number of nitrogens with one attached hydrogen (secondary N) is 3. The first kappa shape index (κ1) is 33.5. The summed E-state index contributed by atoms with van der Waals surface area (Å²) in [6.45, 7) is 3.87. The topological polar surface area (TPSA) is 126 Å². The molecule has 4 bridgehead atoms. The van der Waals surface area contributed by atoms with Crippen LogP contribution in [0.1, 0.15) is 54.4 Å². The van der Waals surface area contributed by atoms with Crippen LogP contribution in [0.4, 0.5) is 4.79 Å². The number of benzene rings is 3. The SMILES string of the molecule is Cc1ccc2cc1CNC(=O)[C@H](CCc1ccccc1)NC(=O)[C@@H](NC(=O)OCc1ccccc1)CC(=O)N1CCCC(CCO2)C1. The van der Waals surface area contributed by atoms with Crippen molar-refractivity contribution in [2.75, 3.05) is 19.7 Å². The van der Waals surface area contributed by atoms with Gasteiger partial charge < -0.3 is 30.3 Å². The van der Waals surface area contributed by atoms with Gasteiger partial charge in [0.1, 0.15) is 24.4 Å². The van der Waals surface area contributed by atoms with Gasteiger partial charge in [-0.15, -0.1) is 0 Å². The molecule has 1 fully saturated rings. The number of carbonyl (C=O) groups excluding carboxylic acids is 4. The average molecular weight is 641 g/mol. The quantitative estimate of drug-likeness (QED) is 0.366. The summed E-state index contributed by atoms with van der Waals surface area (Å²) in [6.07, 6.45) is 2.38. The zero-order valence-corrected chi connectivity index (χ0v) is 26.9. The minimum absolute atomic E-state index is 0.00750. The summed E-state index contributed by atoms with van der Waals surface area (Å²) in [4.78, 5) is 55.8. The number of amides is 4. The Kier molecular flexibility index (Phi) is 11.9. The van der Waals surface area contributed by atoms with Gasteiger partial charge in [-0.05, 0) is 79.3 Å². The van der Waals surface area contributed by atoms with Gasteiger partial charge in [0.25, 0.3) is 0 Å². The molecule has 0 spiro atoms. The average Bonchev–Trinajstić information content (AvgIpc) is 3.09. The Morgan fingerprint density at radius 1 is 0.957 bits per heavy atom. The molecule has 4 amide bonds. The maximum absolute atomic E-state index is 13.9. The van der Waals surface area contributed by atoms with Gasteiger partial charge in [-0.2, -0.15) is 0 Å². The third-order valence-electron chi connectivity index (χ3n) is 8.84. The van der Waals surface area contributed by atoms with Gasteiger partial charge in [-0.25, -0.2) is 4.79 Å². The van der Waals surface area contributed by atoms with Crippen molar-refractivity contribution in [3.05, 3.63) is 101 Å². The van der Waals surface area contributed by atoms with Crippen LogP contribution in [0.3, 0.4) is 0 Å². The maximum atomic E-state index is 13.9. The molecule has 3 aromatic carbocycles. The van der Waals surface area contributed by atoms with Crippen molar-refractivity contribution in [2.45, 2.75) is 70.7 Å². The lowest BCUT2D eigenvalue weighted by Gasteiger charge is -2.34. The maximum Gasteiger partial charge on any atom is 0.408 e. The zero-order chi connectivity index (χ0) is 33.0. The van der Waals surface area contributed by atoms with E-state index in [1.54, 1.807) is 4.90 Å². The second-order valence-corrected chi connectivity index (χ2v) is 12.3. The van der Waals surface area contributed by atoms with Crippen LogP contribution in [0.5, 0.6) is 5.75 Å². The molecular weight excluding hydrogens is 596 g/mol. The number of piperidine rings is 1. The first-order chi connectivity index (χ1) is 22.8. The second kappa shape index (κ2) is 16.6. The number of alkyl carbamates (subject to hydrolysis) is 1. The number of hydrogen-bond donors (Lipinski definition) is 3. The van der Waals surface area contributed by atoms with Gasteiger partial charge in [-0.3, -0.25) is 14.4 Å². The molecule has 5 rings (SSSR count). The van der Waals surface area contributed by atoms with E-state index in [1.165, 1.54) is 0 Å². The molecule has 1 unspecified atom stereocenters. The summed E-state index contributed by atoms with van der Waals surface area (Å²) in [5, 5.41) is 8.45. The van der Waals surface area contributed by atoms with E-state index in [1.807, 2.05) is 85.8 Å². The number of rotatable bonds is 6. The van der Waals surface area contributed by atoms with Crippen molar-refractivity contribution in [1.82, 2.24) is 20.9 Å². The lowest BCUT2D eigenvalue weighted by atomic mass is 9.94. The van der Waals surface area contributed by atoms with E-state index in [0.717, 1.165) is 47.3 Å². The molecule has 2 aliphatic rings. The Morgan fingerprint density at radius 3 is 2.47 bits per heavy atom. The normalized spacial score (nSPS) is 20.9. The first-order valence-corrected chi connectivity index (χ1v) is 16.4. The van der Waals surface area contributed by atoms with Crippen LogP contribution in [0.2, 0.25) is 0 Å². The van der Waals surface area contributed by atoms with Crippen LogP contribution in [0.15, 0.2) is 78.9 Å². The predicted molar refractivity (Wildman–Crippen MR) is 177 cm³/mol. The van der Waals surface area contributed by atoms with Crippen molar-refractivity contribution < 1.29 is 28.7 Å². The molecule has 47 heavy (non-hydrogen) atoms. The Morgan fingerprint density at radius 2 is 1.70 bits per heavy atom. The number of fused-ring (bicyclic) bond motifs is 4. The van der Waals surface area contributed by atoms with Crippen LogP contribution in [-0.4, -0.2) is 60.5 Å². The van der Waals surface area contributed by atoms with Gasteiger partial charge >= 0.3 is 6.09 Å². The summed E-state index contributed by atoms with van der Waals surface area (Å²) in [5.74, 6) is -0.240. The van der Waals surface area contributed by atoms with Gasteiger partial charge in [-0.1, -0.05) is 66.7 Å². The molecule has 1 saturated heterocycles. The largest absolute Gasteiger partial charge is 0.494 e. The van der Waals surface area contributed by atoms with Gasteiger partial charge in [0, 0.05) is 19.6 Å². The lowest BCUT2D eigenvalue weighted by molar-refractivity contribution is -0.137. The molecule has 2 aliphatic heterocycles. The number of hydrogen-bond acceptors (Lipinski definition) is 6. The Balaban J connectivity index is 1.37. The molecule has 0 saturated carbocycles. The fourth-order valence-electron chi connectivity index (χ4n) is 6.02. The van der Waals surface area contributed by atoms with E-state index in [-0.39, 0.29) is 37.3 Å².